The van der Waals surface area contributed by atoms with Gasteiger partial charge >= 0.3 is 0 Å². The van der Waals surface area contributed by atoms with E-state index in [2.05, 4.69) is 20.4 Å². The van der Waals surface area contributed by atoms with Crippen LogP contribution in [-0.4, -0.2) is 48.2 Å². The van der Waals surface area contributed by atoms with Crippen molar-refractivity contribution in [2.45, 2.75) is 13.3 Å². The molecule has 0 aliphatic heterocycles. The number of aryl methyl sites for hydroxylation is 1. The number of aromatic amines is 1. The molecule has 2 N–H and O–H groups in total. The second kappa shape index (κ2) is 5.50. The molecular formula is C10H18N4O. The molecule has 0 bridgehead atoms. The molecular weight excluding hydrogens is 192 g/mol. The molecule has 0 spiro atoms. The summed E-state index contributed by atoms with van der Waals surface area (Å²) in [7, 11) is 4.03. The highest BCUT2D eigenvalue weighted by atomic mass is 16.1. The summed E-state index contributed by atoms with van der Waals surface area (Å²) in [6, 6.07) is 1.74. The number of hydrogen-bond acceptors (Lipinski definition) is 3. The van der Waals surface area contributed by atoms with E-state index in [1.807, 2.05) is 21.0 Å². The molecule has 0 radical (unpaired) electrons. The Hall–Kier alpha value is -1.36. The van der Waals surface area contributed by atoms with Gasteiger partial charge in [0.15, 0.2) is 0 Å². The van der Waals surface area contributed by atoms with Gasteiger partial charge in [-0.1, -0.05) is 0 Å². The van der Waals surface area contributed by atoms with Crippen LogP contribution < -0.4 is 5.32 Å². The first-order valence-corrected chi connectivity index (χ1v) is 5.04. The molecule has 1 heterocycles. The average molecular weight is 210 g/mol. The Bertz CT molecular complexity index is 319. The second-order valence-electron chi connectivity index (χ2n) is 3.85. The minimum absolute atomic E-state index is 0.113. The number of nitrogens with zero attached hydrogens (tertiary/aromatic N) is 2. The average Bonchev–Trinajstić information content (AvgIpc) is 2.59. The molecule has 1 rings (SSSR count). The number of aromatic nitrogens is 2. The minimum Gasteiger partial charge on any atom is -0.351 e. The van der Waals surface area contributed by atoms with Crippen LogP contribution in [0.3, 0.4) is 0 Å². The molecule has 0 fully saturated rings. The minimum atomic E-state index is -0.113. The lowest BCUT2D eigenvalue weighted by molar-refractivity contribution is 0.0947. The standard InChI is InChI=1S/C10H18N4O/c1-8-7-9(13-12-8)10(15)11-5-4-6-14(2)3/h7H,4-6H2,1-3H3,(H,11,15)(H,12,13). The van der Waals surface area contributed by atoms with Crippen molar-refractivity contribution >= 4 is 5.91 Å². The summed E-state index contributed by atoms with van der Waals surface area (Å²) in [4.78, 5) is 13.6. The second-order valence-corrected chi connectivity index (χ2v) is 3.85. The summed E-state index contributed by atoms with van der Waals surface area (Å²) in [5, 5.41) is 9.44. The normalized spacial score (nSPS) is 10.7. The highest BCUT2D eigenvalue weighted by molar-refractivity contribution is 5.92. The third-order valence-electron chi connectivity index (χ3n) is 2.01. The van der Waals surface area contributed by atoms with E-state index >= 15 is 0 Å². The molecule has 0 aromatic carbocycles. The zero-order valence-electron chi connectivity index (χ0n) is 9.50. The van der Waals surface area contributed by atoms with Crippen LogP contribution in [0.15, 0.2) is 6.07 Å². The van der Waals surface area contributed by atoms with Gasteiger partial charge in [0.1, 0.15) is 5.69 Å². The predicted octanol–water partition coefficient (Wildman–Crippen LogP) is 0.400. The monoisotopic (exact) mass is 210 g/mol. The first-order valence-electron chi connectivity index (χ1n) is 5.04. The Labute approximate surface area is 89.9 Å². The van der Waals surface area contributed by atoms with E-state index in [0.29, 0.717) is 12.2 Å². The van der Waals surface area contributed by atoms with Gasteiger partial charge in [-0.2, -0.15) is 5.10 Å². The molecule has 1 aromatic heterocycles. The maximum Gasteiger partial charge on any atom is 0.271 e. The fourth-order valence-electron chi connectivity index (χ4n) is 1.22. The number of carbonyl (C=O) groups excluding carboxylic acids is 1. The number of carbonyl (C=O) groups is 1. The highest BCUT2D eigenvalue weighted by Gasteiger charge is 2.07. The Morgan fingerprint density at radius 1 is 1.60 bits per heavy atom. The van der Waals surface area contributed by atoms with Gasteiger partial charge in [-0.15, -0.1) is 0 Å². The van der Waals surface area contributed by atoms with E-state index in [4.69, 9.17) is 0 Å². The van der Waals surface area contributed by atoms with Crippen molar-refractivity contribution < 1.29 is 4.79 Å². The van der Waals surface area contributed by atoms with Crippen LogP contribution >= 0.6 is 0 Å². The highest BCUT2D eigenvalue weighted by Crippen LogP contribution is 1.96. The van der Waals surface area contributed by atoms with E-state index in [1.165, 1.54) is 0 Å². The van der Waals surface area contributed by atoms with Gasteiger partial charge < -0.3 is 10.2 Å². The van der Waals surface area contributed by atoms with Gasteiger partial charge in [-0.05, 0) is 40.1 Å². The Morgan fingerprint density at radius 3 is 2.87 bits per heavy atom. The number of rotatable bonds is 5. The molecule has 0 atom stereocenters. The van der Waals surface area contributed by atoms with Gasteiger partial charge in [-0.3, -0.25) is 9.89 Å². The third kappa shape index (κ3) is 4.12. The van der Waals surface area contributed by atoms with E-state index in [-0.39, 0.29) is 5.91 Å². The molecule has 0 unspecified atom stereocenters. The SMILES string of the molecule is Cc1cc(C(=O)NCCCN(C)C)n[nH]1. The molecule has 1 amide bonds. The molecule has 0 saturated heterocycles. The van der Waals surface area contributed by atoms with E-state index in [9.17, 15) is 4.79 Å². The van der Waals surface area contributed by atoms with Crippen LogP contribution in [0.1, 0.15) is 22.6 Å². The summed E-state index contributed by atoms with van der Waals surface area (Å²) in [5.74, 6) is -0.113. The summed E-state index contributed by atoms with van der Waals surface area (Å²) in [6.45, 7) is 3.53. The number of amides is 1. The fourth-order valence-corrected chi connectivity index (χ4v) is 1.22. The molecule has 0 aliphatic carbocycles. The smallest absolute Gasteiger partial charge is 0.271 e. The van der Waals surface area contributed by atoms with Crippen molar-refractivity contribution in [2.24, 2.45) is 0 Å². The van der Waals surface area contributed by atoms with Crippen molar-refractivity contribution in [1.82, 2.24) is 20.4 Å². The van der Waals surface area contributed by atoms with Gasteiger partial charge in [0, 0.05) is 12.2 Å². The number of hydrogen-bond donors (Lipinski definition) is 2. The maximum absolute atomic E-state index is 11.5. The van der Waals surface area contributed by atoms with E-state index in [1.54, 1.807) is 6.07 Å². The molecule has 0 saturated carbocycles. The first kappa shape index (κ1) is 11.7. The van der Waals surface area contributed by atoms with Crippen LogP contribution in [0, 0.1) is 6.92 Å². The maximum atomic E-state index is 11.5. The van der Waals surface area contributed by atoms with Gasteiger partial charge in [0.05, 0.1) is 0 Å². The number of nitrogens with one attached hydrogen (secondary N) is 2. The quantitative estimate of drug-likeness (QED) is 0.691. The van der Waals surface area contributed by atoms with Crippen LogP contribution in [0.25, 0.3) is 0 Å². The van der Waals surface area contributed by atoms with Gasteiger partial charge in [-0.25, -0.2) is 0 Å². The Kier molecular flexibility index (Phi) is 4.30. The lowest BCUT2D eigenvalue weighted by Crippen LogP contribution is -2.27. The zero-order chi connectivity index (χ0) is 11.3. The first-order chi connectivity index (χ1) is 7.09. The Morgan fingerprint density at radius 2 is 2.33 bits per heavy atom. The summed E-state index contributed by atoms with van der Waals surface area (Å²) >= 11 is 0. The molecule has 15 heavy (non-hydrogen) atoms. The van der Waals surface area contributed by atoms with Crippen LogP contribution in [-0.2, 0) is 0 Å². The summed E-state index contributed by atoms with van der Waals surface area (Å²) in [6.07, 6.45) is 0.947. The molecule has 5 heteroatoms. The van der Waals surface area contributed by atoms with Crippen LogP contribution in [0.2, 0.25) is 0 Å². The molecule has 84 valence electrons. The van der Waals surface area contributed by atoms with Gasteiger partial charge in [0.25, 0.3) is 5.91 Å². The van der Waals surface area contributed by atoms with Crippen molar-refractivity contribution in [1.29, 1.82) is 0 Å². The number of H-pyrrole nitrogens is 1. The zero-order valence-corrected chi connectivity index (χ0v) is 9.50. The Balaban J connectivity index is 2.25. The van der Waals surface area contributed by atoms with Gasteiger partial charge in [0.2, 0.25) is 0 Å². The predicted molar refractivity (Wildman–Crippen MR) is 58.8 cm³/mol. The van der Waals surface area contributed by atoms with Crippen molar-refractivity contribution in [2.75, 3.05) is 27.2 Å². The van der Waals surface area contributed by atoms with Crippen molar-refractivity contribution in [3.8, 4) is 0 Å². The lowest BCUT2D eigenvalue weighted by Gasteiger charge is -2.08. The molecule has 1 aromatic rings. The lowest BCUT2D eigenvalue weighted by atomic mass is 10.3. The topological polar surface area (TPSA) is 61.0 Å². The van der Waals surface area contributed by atoms with E-state index in [0.717, 1.165) is 18.7 Å². The summed E-state index contributed by atoms with van der Waals surface area (Å²) in [5.41, 5.74) is 1.35. The third-order valence-corrected chi connectivity index (χ3v) is 2.01. The van der Waals surface area contributed by atoms with Crippen molar-refractivity contribution in [3.63, 3.8) is 0 Å². The van der Waals surface area contributed by atoms with Crippen LogP contribution in [0.5, 0.6) is 0 Å². The summed E-state index contributed by atoms with van der Waals surface area (Å²) < 4.78 is 0. The largest absolute Gasteiger partial charge is 0.351 e. The molecule has 5 nitrogen and oxygen atoms in total. The van der Waals surface area contributed by atoms with Crippen molar-refractivity contribution in [3.05, 3.63) is 17.5 Å². The fraction of sp³-hybridized carbons (Fsp3) is 0.600. The van der Waals surface area contributed by atoms with Crippen LogP contribution in [0.4, 0.5) is 0 Å². The molecule has 0 aliphatic rings. The van der Waals surface area contributed by atoms with E-state index < -0.39 is 0 Å².